The van der Waals surface area contributed by atoms with E-state index in [1.54, 1.807) is 0 Å². The predicted molar refractivity (Wildman–Crippen MR) is 280 cm³/mol. The van der Waals surface area contributed by atoms with Crippen LogP contribution in [0.25, 0.3) is 0 Å². The predicted octanol–water partition coefficient (Wildman–Crippen LogP) is 16.3. The van der Waals surface area contributed by atoms with Gasteiger partial charge in [-0.3, -0.25) is 9.59 Å². The third-order valence-electron chi connectivity index (χ3n) is 12.5. The molecule has 0 aromatic rings. The summed E-state index contributed by atoms with van der Waals surface area (Å²) in [5, 5.41) is 9.67. The summed E-state index contributed by atoms with van der Waals surface area (Å²) in [5.41, 5.74) is 0. The van der Waals surface area contributed by atoms with Crippen LogP contribution in [-0.4, -0.2) is 80.6 Å². The number of carboxylic acid groups (broad SMARTS) is 1. The van der Waals surface area contributed by atoms with E-state index in [-0.39, 0.29) is 36.2 Å². The Morgan fingerprint density at radius 3 is 1.26 bits per heavy atom. The third kappa shape index (κ3) is 46.4. The van der Waals surface area contributed by atoms with Crippen molar-refractivity contribution in [2.45, 2.75) is 264 Å². The maximum absolute atomic E-state index is 12.8. The average molecular weight is 929 g/mol. The van der Waals surface area contributed by atoms with Gasteiger partial charge in [0.15, 0.2) is 12.1 Å². The Kier molecular flexibility index (Phi) is 46.7. The number of esters is 2. The molecule has 0 radical (unpaired) electrons. The zero-order chi connectivity index (χ0) is 48.4. The number of carbonyl (C=O) groups is 3. The molecular formula is C58H106NO7+. The second kappa shape index (κ2) is 48.7. The monoisotopic (exact) mass is 929 g/mol. The average Bonchev–Trinajstić information content (AvgIpc) is 3.28. The Morgan fingerprint density at radius 1 is 0.470 bits per heavy atom. The smallest absolute Gasteiger partial charge is 0.362 e. The molecule has 0 aromatic carbocycles. The van der Waals surface area contributed by atoms with Crippen molar-refractivity contribution < 1.29 is 38.2 Å². The van der Waals surface area contributed by atoms with Crippen molar-refractivity contribution >= 4 is 17.9 Å². The van der Waals surface area contributed by atoms with Crippen LogP contribution in [0.3, 0.4) is 0 Å². The Labute approximate surface area is 407 Å². The summed E-state index contributed by atoms with van der Waals surface area (Å²) >= 11 is 0. The highest BCUT2D eigenvalue weighted by Crippen LogP contribution is 2.17. The second-order valence-electron chi connectivity index (χ2n) is 19.8. The van der Waals surface area contributed by atoms with Crippen LogP contribution < -0.4 is 0 Å². The van der Waals surface area contributed by atoms with Crippen LogP contribution in [0, 0.1) is 0 Å². The molecule has 0 spiro atoms. The molecule has 0 bridgehead atoms. The number of likely N-dealkylation sites (N-methyl/N-ethyl adjacent to an activating group) is 1. The van der Waals surface area contributed by atoms with Gasteiger partial charge in [0.25, 0.3) is 0 Å². The summed E-state index contributed by atoms with van der Waals surface area (Å²) < 4.78 is 17.4. The van der Waals surface area contributed by atoms with Crippen LogP contribution >= 0.6 is 0 Å². The molecule has 0 amide bonds. The molecule has 1 N–H and O–H groups in total. The van der Waals surface area contributed by atoms with Crippen LogP contribution in [0.5, 0.6) is 0 Å². The van der Waals surface area contributed by atoms with Gasteiger partial charge in [0, 0.05) is 19.3 Å². The lowest BCUT2D eigenvalue weighted by molar-refractivity contribution is -0.887. The molecule has 0 saturated carbocycles. The lowest BCUT2D eigenvalue weighted by Gasteiger charge is -2.31. The molecule has 8 nitrogen and oxygen atoms in total. The molecule has 0 rings (SSSR count). The Balaban J connectivity index is 4.18. The molecule has 8 heteroatoms. The molecular weight excluding hydrogens is 823 g/mol. The summed E-state index contributed by atoms with van der Waals surface area (Å²) in [6, 6.07) is -0.618. The highest BCUT2D eigenvalue weighted by atomic mass is 16.6. The summed E-state index contributed by atoms with van der Waals surface area (Å²) in [7, 11) is 5.54. The topological polar surface area (TPSA) is 99.1 Å². The number of carbonyl (C=O) groups excluding carboxylic acids is 2. The molecule has 384 valence electrons. The molecule has 2 unspecified atom stereocenters. The SMILES string of the molecule is CC/C=C\C/C=C\C/C=C\C/C=C\CCCCCCCCC(=O)OC(COCCC(C(=O)O)[N+](C)(C)C)COC(=O)CCCCCCCCCCCCCCCCCCCCCCCCC. The number of carboxylic acids is 1. The van der Waals surface area contributed by atoms with Gasteiger partial charge in [0.05, 0.1) is 34.4 Å². The number of hydrogen-bond donors (Lipinski definition) is 1. The maximum Gasteiger partial charge on any atom is 0.362 e. The number of unbranched alkanes of at least 4 members (excludes halogenated alkanes) is 28. The van der Waals surface area contributed by atoms with Gasteiger partial charge in [-0.15, -0.1) is 0 Å². The minimum Gasteiger partial charge on any atom is -0.477 e. The fraction of sp³-hybridized carbons (Fsp3) is 0.810. The van der Waals surface area contributed by atoms with Gasteiger partial charge in [-0.1, -0.05) is 229 Å². The normalized spacial score (nSPS) is 13.2. The van der Waals surface area contributed by atoms with Crippen molar-refractivity contribution in [3.05, 3.63) is 48.6 Å². The van der Waals surface area contributed by atoms with Crippen LogP contribution in [-0.2, 0) is 28.6 Å². The number of ether oxygens (including phenoxy) is 3. The van der Waals surface area contributed by atoms with Gasteiger partial charge in [-0.2, -0.15) is 0 Å². The molecule has 0 fully saturated rings. The number of rotatable bonds is 50. The van der Waals surface area contributed by atoms with Crippen LogP contribution in [0.4, 0.5) is 0 Å². The molecule has 0 aliphatic rings. The van der Waals surface area contributed by atoms with Gasteiger partial charge in [-0.05, 0) is 51.4 Å². The van der Waals surface area contributed by atoms with E-state index in [2.05, 4.69) is 62.5 Å². The van der Waals surface area contributed by atoms with Crippen molar-refractivity contribution in [1.29, 1.82) is 0 Å². The van der Waals surface area contributed by atoms with Gasteiger partial charge >= 0.3 is 17.9 Å². The fourth-order valence-electron chi connectivity index (χ4n) is 8.26. The lowest BCUT2D eigenvalue weighted by atomic mass is 10.0. The summed E-state index contributed by atoms with van der Waals surface area (Å²) in [4.78, 5) is 37.2. The van der Waals surface area contributed by atoms with Crippen molar-refractivity contribution in [3.63, 3.8) is 0 Å². The second-order valence-corrected chi connectivity index (χ2v) is 19.8. The van der Waals surface area contributed by atoms with Gasteiger partial charge in [0.1, 0.15) is 6.61 Å². The largest absolute Gasteiger partial charge is 0.477 e. The summed E-state index contributed by atoms with van der Waals surface area (Å²) in [6.45, 7) is 4.65. The van der Waals surface area contributed by atoms with E-state index in [0.29, 0.717) is 19.3 Å². The minimum atomic E-state index is -0.876. The molecule has 0 saturated heterocycles. The first-order chi connectivity index (χ1) is 32.1. The van der Waals surface area contributed by atoms with E-state index in [4.69, 9.17) is 14.2 Å². The first-order valence-corrected chi connectivity index (χ1v) is 27.7. The number of aliphatic carboxylic acids is 1. The van der Waals surface area contributed by atoms with Crippen LogP contribution in [0.2, 0.25) is 0 Å². The third-order valence-corrected chi connectivity index (χ3v) is 12.5. The van der Waals surface area contributed by atoms with E-state index in [0.717, 1.165) is 77.0 Å². The number of quaternary nitrogens is 1. The zero-order valence-electron chi connectivity index (χ0n) is 43.9. The maximum atomic E-state index is 12.8. The quantitative estimate of drug-likeness (QED) is 0.0281. The van der Waals surface area contributed by atoms with E-state index in [1.165, 1.54) is 141 Å². The Morgan fingerprint density at radius 2 is 0.848 bits per heavy atom. The van der Waals surface area contributed by atoms with Crippen molar-refractivity contribution in [1.82, 2.24) is 0 Å². The van der Waals surface area contributed by atoms with Crippen molar-refractivity contribution in [2.24, 2.45) is 0 Å². The first-order valence-electron chi connectivity index (χ1n) is 27.7. The summed E-state index contributed by atoms with van der Waals surface area (Å²) in [6.07, 6.45) is 60.3. The number of nitrogens with zero attached hydrogens (tertiary/aromatic N) is 1. The molecule has 0 aromatic heterocycles. The van der Waals surface area contributed by atoms with Crippen LogP contribution in [0.1, 0.15) is 251 Å². The number of allylic oxidation sites excluding steroid dienone is 8. The molecule has 0 aliphatic heterocycles. The Bertz CT molecular complexity index is 1220. The van der Waals surface area contributed by atoms with Gasteiger partial charge in [-0.25, -0.2) is 4.79 Å². The fourth-order valence-corrected chi connectivity index (χ4v) is 8.26. The number of hydrogen-bond acceptors (Lipinski definition) is 6. The van der Waals surface area contributed by atoms with Crippen molar-refractivity contribution in [3.8, 4) is 0 Å². The summed E-state index contributed by atoms with van der Waals surface area (Å²) in [5.74, 6) is -1.47. The van der Waals surface area contributed by atoms with Gasteiger partial charge in [0.2, 0.25) is 0 Å². The van der Waals surface area contributed by atoms with E-state index in [1.807, 2.05) is 21.1 Å². The van der Waals surface area contributed by atoms with Crippen LogP contribution in [0.15, 0.2) is 48.6 Å². The van der Waals surface area contributed by atoms with E-state index < -0.39 is 18.1 Å². The highest BCUT2D eigenvalue weighted by molar-refractivity contribution is 5.72. The molecule has 2 atom stereocenters. The van der Waals surface area contributed by atoms with E-state index in [9.17, 15) is 19.5 Å². The van der Waals surface area contributed by atoms with Crippen molar-refractivity contribution in [2.75, 3.05) is 41.0 Å². The molecule has 0 aliphatic carbocycles. The lowest BCUT2D eigenvalue weighted by Crippen LogP contribution is -2.50. The standard InChI is InChI=1S/C58H105NO7/c1-6-8-10-12-14-16-18-20-22-24-26-27-28-29-31-32-34-36-38-40-42-44-46-48-56(60)65-53-54(52-64-51-50-55(58(62)63)59(3,4)5)66-57(61)49-47-45-43-41-39-37-35-33-30-25-23-21-19-17-15-13-11-9-7-2/h9,11,15,17,21,23,30,33,54-55H,6-8,10,12-14,16,18-20,22,24-29,31-32,34-53H2,1-5H3/p+1/b11-9-,17-15-,23-21-,33-30-. The molecule has 0 heterocycles. The zero-order valence-corrected chi connectivity index (χ0v) is 43.9. The first kappa shape index (κ1) is 63.3. The Hall–Kier alpha value is -2.71. The molecule has 66 heavy (non-hydrogen) atoms. The van der Waals surface area contributed by atoms with E-state index >= 15 is 0 Å². The minimum absolute atomic E-state index is 0.0547. The van der Waals surface area contributed by atoms with Gasteiger partial charge < -0.3 is 23.8 Å². The highest BCUT2D eigenvalue weighted by Gasteiger charge is 2.31.